The zero-order chi connectivity index (χ0) is 13.1. The number of nitrogens with two attached hydrogens (primary N) is 1. The van der Waals surface area contributed by atoms with Gasteiger partial charge in [0.25, 0.3) is 0 Å². The Hall–Kier alpha value is -1.88. The van der Waals surface area contributed by atoms with Crippen molar-refractivity contribution in [1.29, 1.82) is 0 Å². The highest BCUT2D eigenvalue weighted by Crippen LogP contribution is 2.24. The summed E-state index contributed by atoms with van der Waals surface area (Å²) in [7, 11) is 0. The maximum absolute atomic E-state index is 13.3. The van der Waals surface area contributed by atoms with Crippen molar-refractivity contribution < 1.29 is 13.9 Å². The van der Waals surface area contributed by atoms with Crippen molar-refractivity contribution in [3.63, 3.8) is 0 Å². The van der Waals surface area contributed by atoms with Crippen LogP contribution in [0, 0.1) is 12.7 Å². The molecule has 1 heterocycles. The van der Waals surface area contributed by atoms with E-state index in [9.17, 15) is 9.18 Å². The van der Waals surface area contributed by atoms with Gasteiger partial charge in [-0.2, -0.15) is 0 Å². The molecule has 0 bridgehead atoms. The molecule has 0 aliphatic carbocycles. The fourth-order valence-corrected chi connectivity index (χ4v) is 2.26. The number of esters is 1. The van der Waals surface area contributed by atoms with Crippen LogP contribution in [0.1, 0.15) is 20.1 Å². The van der Waals surface area contributed by atoms with E-state index in [1.165, 1.54) is 17.4 Å². The first-order valence-corrected chi connectivity index (χ1v) is 6.16. The molecule has 1 aromatic heterocycles. The number of carbonyl (C=O) groups is 1. The number of ether oxygens (including phenoxy) is 1. The maximum atomic E-state index is 13.3. The Labute approximate surface area is 108 Å². The molecule has 0 amide bonds. The zero-order valence-corrected chi connectivity index (χ0v) is 10.6. The summed E-state index contributed by atoms with van der Waals surface area (Å²) in [5.41, 5.74) is 6.57. The first kappa shape index (κ1) is 12.6. The van der Waals surface area contributed by atoms with E-state index in [0.717, 1.165) is 4.88 Å². The summed E-state index contributed by atoms with van der Waals surface area (Å²) in [5, 5.41) is 0. The van der Waals surface area contributed by atoms with E-state index >= 15 is 0 Å². The topological polar surface area (TPSA) is 52.3 Å². The van der Waals surface area contributed by atoms with Crippen LogP contribution >= 0.6 is 11.3 Å². The molecule has 0 spiro atoms. The molecule has 0 aliphatic rings. The molecule has 0 aliphatic heterocycles. The van der Waals surface area contributed by atoms with Gasteiger partial charge in [-0.15, -0.1) is 11.3 Å². The molecule has 1 aromatic carbocycles. The first-order chi connectivity index (χ1) is 8.58. The van der Waals surface area contributed by atoms with Gasteiger partial charge >= 0.3 is 5.97 Å². The van der Waals surface area contributed by atoms with Crippen molar-refractivity contribution in [2.24, 2.45) is 0 Å². The highest BCUT2D eigenvalue weighted by Gasteiger charge is 2.13. The number of anilines is 1. The van der Waals surface area contributed by atoms with Crippen LogP contribution in [0.5, 0.6) is 0 Å². The van der Waals surface area contributed by atoms with Crippen molar-refractivity contribution in [3.8, 4) is 0 Å². The summed E-state index contributed by atoms with van der Waals surface area (Å²) < 4.78 is 18.3. The lowest BCUT2D eigenvalue weighted by molar-refractivity contribution is 0.0475. The predicted octanol–water partition coefficient (Wildman–Crippen LogP) is 3.13. The number of benzene rings is 1. The van der Waals surface area contributed by atoms with Crippen LogP contribution in [-0.4, -0.2) is 5.97 Å². The monoisotopic (exact) mass is 265 g/mol. The van der Waals surface area contributed by atoms with Gasteiger partial charge in [-0.1, -0.05) is 18.2 Å². The SMILES string of the molecule is Cc1sc(C(=O)OCc2ccccc2F)cc1N. The van der Waals surface area contributed by atoms with E-state index in [4.69, 9.17) is 10.5 Å². The van der Waals surface area contributed by atoms with Crippen LogP contribution in [-0.2, 0) is 11.3 Å². The molecular formula is C13H12FNO2S. The molecule has 5 heteroatoms. The molecule has 2 N–H and O–H groups in total. The van der Waals surface area contributed by atoms with Gasteiger partial charge in [-0.3, -0.25) is 0 Å². The van der Waals surface area contributed by atoms with Crippen LogP contribution in [0.3, 0.4) is 0 Å². The molecule has 0 atom stereocenters. The van der Waals surface area contributed by atoms with Gasteiger partial charge in [0.05, 0.1) is 0 Å². The molecule has 0 unspecified atom stereocenters. The third-order valence-corrected chi connectivity index (χ3v) is 3.52. The molecule has 2 rings (SSSR count). The molecular weight excluding hydrogens is 253 g/mol. The summed E-state index contributed by atoms with van der Waals surface area (Å²) >= 11 is 1.27. The highest BCUT2D eigenvalue weighted by molar-refractivity contribution is 7.14. The van der Waals surface area contributed by atoms with Gasteiger partial charge in [0.15, 0.2) is 0 Å². The molecule has 0 saturated heterocycles. The summed E-state index contributed by atoms with van der Waals surface area (Å²) in [6.45, 7) is 1.75. The smallest absolute Gasteiger partial charge is 0.348 e. The van der Waals surface area contributed by atoms with Gasteiger partial charge in [-0.25, -0.2) is 9.18 Å². The van der Waals surface area contributed by atoms with Crippen LogP contribution in [0.25, 0.3) is 0 Å². The Bertz CT molecular complexity index is 561. The molecule has 0 saturated carbocycles. The summed E-state index contributed by atoms with van der Waals surface area (Å²) in [6, 6.07) is 7.76. The van der Waals surface area contributed by atoms with Gasteiger partial charge < -0.3 is 10.5 Å². The van der Waals surface area contributed by atoms with Gasteiger partial charge in [0.1, 0.15) is 17.3 Å². The van der Waals surface area contributed by atoms with Crippen molar-refractivity contribution in [2.45, 2.75) is 13.5 Å². The first-order valence-electron chi connectivity index (χ1n) is 5.34. The predicted molar refractivity (Wildman–Crippen MR) is 69.0 cm³/mol. The van der Waals surface area contributed by atoms with E-state index in [1.807, 2.05) is 6.92 Å². The minimum absolute atomic E-state index is 0.0810. The van der Waals surface area contributed by atoms with Gasteiger partial charge in [-0.05, 0) is 19.1 Å². The van der Waals surface area contributed by atoms with E-state index < -0.39 is 5.97 Å². The maximum Gasteiger partial charge on any atom is 0.348 e. The number of halogens is 1. The lowest BCUT2D eigenvalue weighted by atomic mass is 10.2. The molecule has 2 aromatic rings. The second kappa shape index (κ2) is 5.18. The number of nitrogen functional groups attached to an aromatic ring is 1. The third kappa shape index (κ3) is 2.68. The minimum Gasteiger partial charge on any atom is -0.457 e. The average molecular weight is 265 g/mol. The number of carbonyl (C=O) groups excluding carboxylic acids is 1. The van der Waals surface area contributed by atoms with Gasteiger partial charge in [0.2, 0.25) is 0 Å². The number of hydrogen-bond donors (Lipinski definition) is 1. The largest absolute Gasteiger partial charge is 0.457 e. The number of aryl methyl sites for hydroxylation is 1. The van der Waals surface area contributed by atoms with Crippen molar-refractivity contribution >= 4 is 23.0 Å². The Balaban J connectivity index is 2.03. The van der Waals surface area contributed by atoms with Crippen molar-refractivity contribution in [1.82, 2.24) is 0 Å². The number of hydrogen-bond acceptors (Lipinski definition) is 4. The average Bonchev–Trinajstić information content (AvgIpc) is 2.68. The fraction of sp³-hybridized carbons (Fsp3) is 0.154. The normalized spacial score (nSPS) is 10.3. The van der Waals surface area contributed by atoms with E-state index in [-0.39, 0.29) is 12.4 Å². The van der Waals surface area contributed by atoms with E-state index in [2.05, 4.69) is 0 Å². The number of rotatable bonds is 3. The van der Waals surface area contributed by atoms with Gasteiger partial charge in [0, 0.05) is 16.1 Å². The molecule has 0 fully saturated rings. The second-order valence-corrected chi connectivity index (χ2v) is 5.05. The summed E-state index contributed by atoms with van der Waals surface area (Å²) in [4.78, 5) is 13.0. The standard InChI is InChI=1S/C13H12FNO2S/c1-8-11(15)6-12(18-8)13(16)17-7-9-4-2-3-5-10(9)14/h2-6H,7,15H2,1H3. The molecule has 3 nitrogen and oxygen atoms in total. The van der Waals surface area contributed by atoms with Crippen LogP contribution < -0.4 is 5.73 Å². The van der Waals surface area contributed by atoms with Crippen LogP contribution in [0.4, 0.5) is 10.1 Å². The van der Waals surface area contributed by atoms with Crippen molar-refractivity contribution in [3.05, 3.63) is 51.5 Å². The Morgan fingerprint density at radius 3 is 2.78 bits per heavy atom. The van der Waals surface area contributed by atoms with Crippen LogP contribution in [0.2, 0.25) is 0 Å². The Morgan fingerprint density at radius 1 is 1.44 bits per heavy atom. The second-order valence-electron chi connectivity index (χ2n) is 3.79. The molecule has 0 radical (unpaired) electrons. The Kier molecular flexibility index (Phi) is 3.62. The molecule has 18 heavy (non-hydrogen) atoms. The van der Waals surface area contributed by atoms with E-state index in [1.54, 1.807) is 24.3 Å². The lowest BCUT2D eigenvalue weighted by Crippen LogP contribution is -2.04. The lowest BCUT2D eigenvalue weighted by Gasteiger charge is -2.04. The number of thiophene rings is 1. The Morgan fingerprint density at radius 2 is 2.17 bits per heavy atom. The molecule has 94 valence electrons. The fourth-order valence-electron chi connectivity index (χ4n) is 1.43. The summed E-state index contributed by atoms with van der Waals surface area (Å²) in [5.74, 6) is -0.866. The third-order valence-electron chi connectivity index (χ3n) is 2.47. The minimum atomic E-state index is -0.483. The quantitative estimate of drug-likeness (QED) is 0.867. The summed E-state index contributed by atoms with van der Waals surface area (Å²) in [6.07, 6.45) is 0. The van der Waals surface area contributed by atoms with Crippen molar-refractivity contribution in [2.75, 3.05) is 5.73 Å². The highest BCUT2D eigenvalue weighted by atomic mass is 32.1. The van der Waals surface area contributed by atoms with Crippen LogP contribution in [0.15, 0.2) is 30.3 Å². The zero-order valence-electron chi connectivity index (χ0n) is 9.77. The van der Waals surface area contributed by atoms with E-state index in [0.29, 0.717) is 16.1 Å².